The fourth-order valence-corrected chi connectivity index (χ4v) is 4.41. The van der Waals surface area contributed by atoms with Gasteiger partial charge in [0.25, 0.3) is 0 Å². The van der Waals surface area contributed by atoms with Crippen molar-refractivity contribution in [2.75, 3.05) is 0 Å². The van der Waals surface area contributed by atoms with Gasteiger partial charge in [0.05, 0.1) is 11.1 Å². The lowest BCUT2D eigenvalue weighted by Gasteiger charge is -2.18. The number of carboxylic acids is 2. The van der Waals surface area contributed by atoms with E-state index in [2.05, 4.69) is 5.32 Å². The average molecular weight is 383 g/mol. The van der Waals surface area contributed by atoms with E-state index in [1.807, 2.05) is 48.5 Å². The molecule has 5 rings (SSSR count). The smallest absolute Gasteiger partial charge is 0.336 e. The predicted molar refractivity (Wildman–Crippen MR) is 111 cm³/mol. The van der Waals surface area contributed by atoms with E-state index in [0.29, 0.717) is 24.2 Å². The van der Waals surface area contributed by atoms with Crippen LogP contribution in [0.5, 0.6) is 0 Å². The number of aromatic carboxylic acids is 2. The van der Waals surface area contributed by atoms with Crippen molar-refractivity contribution in [1.29, 1.82) is 0 Å². The monoisotopic (exact) mass is 383 g/mol. The molecule has 1 heterocycles. The Bertz CT molecular complexity index is 1240. The standard InChI is InChI=1S/C24H17NO4/c26-23(27)17-9-13-5-1-3-7-15(13)21-19(17)11-25-12-20-18(24(28)29)10-14-6-2-4-8-16(14)22(20)21/h1-10,25H,11-12H2,(H,26,27)(H,28,29). The van der Waals surface area contributed by atoms with E-state index in [-0.39, 0.29) is 11.1 Å². The minimum absolute atomic E-state index is 0.240. The highest BCUT2D eigenvalue weighted by molar-refractivity contribution is 6.13. The molecule has 0 unspecified atom stereocenters. The van der Waals surface area contributed by atoms with E-state index in [4.69, 9.17) is 0 Å². The third-order valence-electron chi connectivity index (χ3n) is 5.63. The number of rotatable bonds is 2. The topological polar surface area (TPSA) is 86.6 Å². The summed E-state index contributed by atoms with van der Waals surface area (Å²) in [6.07, 6.45) is 0. The van der Waals surface area contributed by atoms with Gasteiger partial charge >= 0.3 is 11.9 Å². The maximum atomic E-state index is 12.1. The molecule has 29 heavy (non-hydrogen) atoms. The highest BCUT2D eigenvalue weighted by atomic mass is 16.4. The first-order chi connectivity index (χ1) is 14.1. The van der Waals surface area contributed by atoms with Crippen LogP contribution in [0.4, 0.5) is 0 Å². The summed E-state index contributed by atoms with van der Waals surface area (Å²) in [5, 5.41) is 26.5. The van der Waals surface area contributed by atoms with Crippen LogP contribution in [-0.4, -0.2) is 22.2 Å². The Morgan fingerprint density at radius 3 is 1.52 bits per heavy atom. The Morgan fingerprint density at radius 1 is 0.690 bits per heavy atom. The van der Waals surface area contributed by atoms with Crippen LogP contribution < -0.4 is 5.32 Å². The molecule has 0 amide bonds. The first kappa shape index (κ1) is 17.4. The van der Waals surface area contributed by atoms with Gasteiger partial charge in [-0.15, -0.1) is 0 Å². The van der Waals surface area contributed by atoms with Crippen molar-refractivity contribution in [3.8, 4) is 11.1 Å². The van der Waals surface area contributed by atoms with Crippen molar-refractivity contribution in [2.45, 2.75) is 13.1 Å². The first-order valence-corrected chi connectivity index (χ1v) is 9.33. The molecule has 0 spiro atoms. The first-order valence-electron chi connectivity index (χ1n) is 9.33. The minimum atomic E-state index is -0.990. The molecule has 5 nitrogen and oxygen atoms in total. The van der Waals surface area contributed by atoms with Crippen molar-refractivity contribution >= 4 is 33.5 Å². The van der Waals surface area contributed by atoms with E-state index in [9.17, 15) is 19.8 Å². The lowest BCUT2D eigenvalue weighted by atomic mass is 9.84. The zero-order valence-electron chi connectivity index (χ0n) is 15.4. The molecule has 4 aromatic rings. The number of carboxylic acid groups (broad SMARTS) is 2. The molecule has 1 aliphatic rings. The number of fused-ring (bicyclic) bond motifs is 7. The second-order valence-corrected chi connectivity index (χ2v) is 7.21. The summed E-state index contributed by atoms with van der Waals surface area (Å²) < 4.78 is 0. The molecule has 5 heteroatoms. The van der Waals surface area contributed by atoms with Crippen molar-refractivity contribution in [2.24, 2.45) is 0 Å². The fourth-order valence-electron chi connectivity index (χ4n) is 4.41. The molecular weight excluding hydrogens is 366 g/mol. The maximum Gasteiger partial charge on any atom is 0.336 e. The molecule has 0 atom stereocenters. The zero-order chi connectivity index (χ0) is 20.1. The number of hydrogen-bond donors (Lipinski definition) is 3. The lowest BCUT2D eigenvalue weighted by Crippen LogP contribution is -2.15. The second kappa shape index (κ2) is 6.43. The SMILES string of the molecule is O=C(O)c1cc2ccccc2c2c1CNCc1c(C(=O)O)cc3ccccc3c1-2. The van der Waals surface area contributed by atoms with Gasteiger partial charge in [-0.25, -0.2) is 9.59 Å². The van der Waals surface area contributed by atoms with Crippen LogP contribution in [0.25, 0.3) is 32.7 Å². The molecule has 142 valence electrons. The Morgan fingerprint density at radius 2 is 1.10 bits per heavy atom. The molecule has 0 aromatic heterocycles. The molecule has 0 aliphatic carbocycles. The van der Waals surface area contributed by atoms with E-state index in [1.165, 1.54) is 0 Å². The summed E-state index contributed by atoms with van der Waals surface area (Å²) in [7, 11) is 0. The van der Waals surface area contributed by atoms with Gasteiger partial charge in [-0.1, -0.05) is 48.5 Å². The van der Waals surface area contributed by atoms with E-state index in [0.717, 1.165) is 32.7 Å². The van der Waals surface area contributed by atoms with Gasteiger partial charge in [0.1, 0.15) is 0 Å². The van der Waals surface area contributed by atoms with Crippen molar-refractivity contribution in [3.63, 3.8) is 0 Å². The minimum Gasteiger partial charge on any atom is -0.478 e. The molecule has 0 saturated heterocycles. The number of benzene rings is 4. The summed E-state index contributed by atoms with van der Waals surface area (Å²) in [5.41, 5.74) is 3.46. The molecule has 1 aliphatic heterocycles. The van der Waals surface area contributed by atoms with Crippen LogP contribution >= 0.6 is 0 Å². The van der Waals surface area contributed by atoms with Crippen LogP contribution in [0.2, 0.25) is 0 Å². The summed E-state index contributed by atoms with van der Waals surface area (Å²) in [5.74, 6) is -1.98. The van der Waals surface area contributed by atoms with Gasteiger partial charge in [0, 0.05) is 13.1 Å². The van der Waals surface area contributed by atoms with Gasteiger partial charge in [0.2, 0.25) is 0 Å². The zero-order valence-corrected chi connectivity index (χ0v) is 15.4. The largest absolute Gasteiger partial charge is 0.478 e. The van der Waals surface area contributed by atoms with E-state index >= 15 is 0 Å². The Hall–Kier alpha value is -3.70. The lowest BCUT2D eigenvalue weighted by molar-refractivity contribution is 0.0685. The molecule has 0 fully saturated rings. The fraction of sp³-hybridized carbons (Fsp3) is 0.0833. The van der Waals surface area contributed by atoms with Crippen LogP contribution in [0.1, 0.15) is 31.8 Å². The number of nitrogens with one attached hydrogen (secondary N) is 1. The van der Waals surface area contributed by atoms with Crippen LogP contribution in [0.3, 0.4) is 0 Å². The Kier molecular flexibility index (Phi) is 3.86. The van der Waals surface area contributed by atoms with Crippen LogP contribution in [0.15, 0.2) is 60.7 Å². The summed E-state index contributed by atoms with van der Waals surface area (Å²) in [6.45, 7) is 0.702. The summed E-state index contributed by atoms with van der Waals surface area (Å²) in [4.78, 5) is 24.1. The van der Waals surface area contributed by atoms with Crippen molar-refractivity contribution in [1.82, 2.24) is 5.32 Å². The van der Waals surface area contributed by atoms with E-state index < -0.39 is 11.9 Å². The molecular formula is C24H17NO4. The molecule has 3 N–H and O–H groups in total. The highest BCUT2D eigenvalue weighted by Crippen LogP contribution is 2.43. The maximum absolute atomic E-state index is 12.1. The number of hydrogen-bond acceptors (Lipinski definition) is 3. The van der Waals surface area contributed by atoms with Crippen molar-refractivity contribution < 1.29 is 19.8 Å². The van der Waals surface area contributed by atoms with E-state index in [1.54, 1.807) is 12.1 Å². The normalized spacial score (nSPS) is 13.0. The van der Waals surface area contributed by atoms with Gasteiger partial charge in [-0.2, -0.15) is 0 Å². The molecule has 0 saturated carbocycles. The quantitative estimate of drug-likeness (QED) is 0.469. The third-order valence-corrected chi connectivity index (χ3v) is 5.63. The third kappa shape index (κ3) is 2.59. The van der Waals surface area contributed by atoms with Gasteiger partial charge in [-0.3, -0.25) is 0 Å². The summed E-state index contributed by atoms with van der Waals surface area (Å²) in [6, 6.07) is 18.7. The predicted octanol–water partition coefficient (Wildman–Crippen LogP) is 4.66. The van der Waals surface area contributed by atoms with Crippen LogP contribution in [-0.2, 0) is 13.1 Å². The highest BCUT2D eigenvalue weighted by Gasteiger charge is 2.27. The Balaban J connectivity index is 2.06. The molecule has 0 radical (unpaired) electrons. The molecule has 4 aromatic carbocycles. The molecule has 0 bridgehead atoms. The second-order valence-electron chi connectivity index (χ2n) is 7.21. The average Bonchev–Trinajstić information content (AvgIpc) is 2.92. The van der Waals surface area contributed by atoms with Gasteiger partial charge in [0.15, 0.2) is 0 Å². The Labute approximate surface area is 166 Å². The number of carbonyl (C=O) groups is 2. The van der Waals surface area contributed by atoms with Crippen molar-refractivity contribution in [3.05, 3.63) is 82.9 Å². The van der Waals surface area contributed by atoms with Gasteiger partial charge < -0.3 is 15.5 Å². The van der Waals surface area contributed by atoms with Gasteiger partial charge in [-0.05, 0) is 55.9 Å². The van der Waals surface area contributed by atoms with Crippen LogP contribution in [0, 0.1) is 0 Å². The summed E-state index contributed by atoms with van der Waals surface area (Å²) >= 11 is 0.